The van der Waals surface area contributed by atoms with Crippen LogP contribution in [0.4, 0.5) is 11.4 Å². The highest BCUT2D eigenvalue weighted by Crippen LogP contribution is 2.48. The molecule has 2 N–H and O–H groups in total. The molecule has 0 spiro atoms. The van der Waals surface area contributed by atoms with Crippen LogP contribution in [-0.2, 0) is 4.79 Å². The summed E-state index contributed by atoms with van der Waals surface area (Å²) in [7, 11) is 0. The maximum absolute atomic E-state index is 13.5. The number of nitrogens with one attached hydrogen (secondary N) is 2. The first kappa shape index (κ1) is 23.2. The molecular formula is C30H33N3O2. The zero-order valence-corrected chi connectivity index (χ0v) is 20.2. The second-order valence-corrected chi connectivity index (χ2v) is 9.73. The summed E-state index contributed by atoms with van der Waals surface area (Å²) in [4.78, 5) is 28.7. The number of hydrogen-bond donors (Lipinski definition) is 2. The molecule has 0 aromatic heterocycles. The van der Waals surface area contributed by atoms with Gasteiger partial charge in [0, 0.05) is 30.4 Å². The zero-order valence-electron chi connectivity index (χ0n) is 20.2. The summed E-state index contributed by atoms with van der Waals surface area (Å²) in [5, 5.41) is 6.23. The minimum absolute atomic E-state index is 0.0189. The Labute approximate surface area is 207 Å². The zero-order chi connectivity index (χ0) is 24.2. The number of amides is 2. The molecule has 180 valence electrons. The lowest BCUT2D eigenvalue weighted by Crippen LogP contribution is -2.33. The number of anilines is 2. The van der Waals surface area contributed by atoms with Gasteiger partial charge in [-0.3, -0.25) is 9.59 Å². The van der Waals surface area contributed by atoms with Gasteiger partial charge in [0.2, 0.25) is 5.91 Å². The van der Waals surface area contributed by atoms with Crippen LogP contribution in [0.15, 0.2) is 78.9 Å². The topological polar surface area (TPSA) is 61.4 Å². The van der Waals surface area contributed by atoms with Crippen LogP contribution in [0, 0.1) is 5.92 Å². The van der Waals surface area contributed by atoms with Gasteiger partial charge in [0.1, 0.15) is 0 Å². The van der Waals surface area contributed by atoms with Gasteiger partial charge >= 0.3 is 0 Å². The molecule has 3 atom stereocenters. The van der Waals surface area contributed by atoms with Crippen molar-refractivity contribution in [2.24, 2.45) is 5.92 Å². The van der Waals surface area contributed by atoms with Crippen LogP contribution in [0.25, 0.3) is 0 Å². The number of carbonyl (C=O) groups is 2. The quantitative estimate of drug-likeness (QED) is 0.454. The van der Waals surface area contributed by atoms with Crippen molar-refractivity contribution in [2.75, 3.05) is 23.3 Å². The molecular weight excluding hydrogens is 434 g/mol. The van der Waals surface area contributed by atoms with Crippen LogP contribution in [0.3, 0.4) is 0 Å². The third-order valence-corrected chi connectivity index (χ3v) is 7.21. The summed E-state index contributed by atoms with van der Waals surface area (Å²) in [5.74, 6) is 0.160. The van der Waals surface area contributed by atoms with Gasteiger partial charge in [0.15, 0.2) is 0 Å². The van der Waals surface area contributed by atoms with Crippen molar-refractivity contribution in [3.05, 3.63) is 95.6 Å². The molecule has 1 aliphatic heterocycles. The first-order valence-corrected chi connectivity index (χ1v) is 12.7. The second-order valence-electron chi connectivity index (χ2n) is 9.73. The maximum Gasteiger partial charge on any atom is 0.253 e. The van der Waals surface area contributed by atoms with E-state index in [2.05, 4.69) is 27.7 Å². The van der Waals surface area contributed by atoms with Crippen LogP contribution in [0.5, 0.6) is 0 Å². The first-order valence-electron chi connectivity index (χ1n) is 12.7. The first-order chi connectivity index (χ1) is 17.1. The average molecular weight is 468 g/mol. The standard InChI is InChI=1S/C30H33N3O2/c1-21(22-11-5-2-6-12-22)31-30(35)27-19-24(15-16-28(27)33-17-9-4-10-18-33)32-29(34)26-20-25(26)23-13-7-3-8-14-23/h2-3,5-8,11-16,19,21,25-26H,4,9-10,17-18,20H2,1H3,(H,31,35)(H,32,34). The van der Waals surface area contributed by atoms with E-state index in [1.807, 2.05) is 73.7 Å². The Morgan fingerprint density at radius 2 is 1.57 bits per heavy atom. The van der Waals surface area contributed by atoms with Gasteiger partial charge in [-0.15, -0.1) is 0 Å². The average Bonchev–Trinajstić information content (AvgIpc) is 3.71. The van der Waals surface area contributed by atoms with Gasteiger partial charge in [-0.25, -0.2) is 0 Å². The lowest BCUT2D eigenvalue weighted by atomic mass is 10.0. The molecule has 1 saturated carbocycles. The number of rotatable bonds is 7. The molecule has 35 heavy (non-hydrogen) atoms. The lowest BCUT2D eigenvalue weighted by Gasteiger charge is -2.31. The van der Waals surface area contributed by atoms with Crippen molar-refractivity contribution in [1.82, 2.24) is 5.32 Å². The molecule has 3 aromatic carbocycles. The molecule has 1 saturated heterocycles. The number of carbonyl (C=O) groups excluding carboxylic acids is 2. The largest absolute Gasteiger partial charge is 0.371 e. The third kappa shape index (κ3) is 5.40. The highest BCUT2D eigenvalue weighted by molar-refractivity contribution is 6.03. The summed E-state index contributed by atoms with van der Waals surface area (Å²) < 4.78 is 0. The molecule has 3 unspecified atom stereocenters. The Morgan fingerprint density at radius 3 is 2.29 bits per heavy atom. The highest BCUT2D eigenvalue weighted by atomic mass is 16.2. The second kappa shape index (κ2) is 10.3. The molecule has 0 radical (unpaired) electrons. The van der Waals surface area contributed by atoms with E-state index in [1.165, 1.54) is 12.0 Å². The van der Waals surface area contributed by atoms with Gasteiger partial charge in [-0.05, 0) is 67.9 Å². The Kier molecular flexibility index (Phi) is 6.84. The third-order valence-electron chi connectivity index (χ3n) is 7.21. The Hall–Kier alpha value is -3.60. The van der Waals surface area contributed by atoms with E-state index < -0.39 is 0 Å². The van der Waals surface area contributed by atoms with E-state index in [1.54, 1.807) is 0 Å². The van der Waals surface area contributed by atoms with E-state index >= 15 is 0 Å². The lowest BCUT2D eigenvalue weighted by molar-refractivity contribution is -0.117. The van der Waals surface area contributed by atoms with Gasteiger partial charge in [-0.2, -0.15) is 0 Å². The van der Waals surface area contributed by atoms with Crippen LogP contribution in [-0.4, -0.2) is 24.9 Å². The molecule has 5 rings (SSSR count). The van der Waals surface area contributed by atoms with E-state index in [-0.39, 0.29) is 29.7 Å². The molecule has 3 aromatic rings. The van der Waals surface area contributed by atoms with Crippen molar-refractivity contribution >= 4 is 23.2 Å². The minimum atomic E-state index is -0.119. The summed E-state index contributed by atoms with van der Waals surface area (Å²) in [6.45, 7) is 3.89. The summed E-state index contributed by atoms with van der Waals surface area (Å²) in [6, 6.07) is 25.8. The Bertz CT molecular complexity index is 1170. The van der Waals surface area contributed by atoms with E-state index in [0.29, 0.717) is 11.3 Å². The van der Waals surface area contributed by atoms with Crippen molar-refractivity contribution < 1.29 is 9.59 Å². The summed E-state index contributed by atoms with van der Waals surface area (Å²) >= 11 is 0. The van der Waals surface area contributed by atoms with Crippen LogP contribution in [0.2, 0.25) is 0 Å². The van der Waals surface area contributed by atoms with Crippen LogP contribution >= 0.6 is 0 Å². The highest BCUT2D eigenvalue weighted by Gasteiger charge is 2.43. The number of hydrogen-bond acceptors (Lipinski definition) is 3. The summed E-state index contributed by atoms with van der Waals surface area (Å²) in [6.07, 6.45) is 4.34. The monoisotopic (exact) mass is 467 g/mol. The van der Waals surface area contributed by atoms with Crippen molar-refractivity contribution in [3.63, 3.8) is 0 Å². The molecule has 1 heterocycles. The molecule has 2 aliphatic rings. The fourth-order valence-electron chi connectivity index (χ4n) is 5.09. The number of benzene rings is 3. The predicted octanol–water partition coefficient (Wildman–Crippen LogP) is 5.91. The molecule has 2 amide bonds. The SMILES string of the molecule is CC(NC(=O)c1cc(NC(=O)C2CC2c2ccccc2)ccc1N1CCCCC1)c1ccccc1. The summed E-state index contributed by atoms with van der Waals surface area (Å²) in [5.41, 5.74) is 4.50. The normalized spacial score (nSPS) is 20.1. The fraction of sp³-hybridized carbons (Fsp3) is 0.333. The van der Waals surface area contributed by atoms with Crippen LogP contribution < -0.4 is 15.5 Å². The van der Waals surface area contributed by atoms with Crippen molar-refractivity contribution in [1.29, 1.82) is 0 Å². The number of piperidine rings is 1. The number of nitrogens with zero attached hydrogens (tertiary/aromatic N) is 1. The van der Waals surface area contributed by atoms with E-state index in [4.69, 9.17) is 0 Å². The Balaban J connectivity index is 1.34. The Morgan fingerprint density at radius 1 is 0.886 bits per heavy atom. The molecule has 0 bridgehead atoms. The molecule has 1 aliphatic carbocycles. The van der Waals surface area contributed by atoms with Gasteiger partial charge < -0.3 is 15.5 Å². The van der Waals surface area contributed by atoms with Gasteiger partial charge in [0.05, 0.1) is 11.6 Å². The van der Waals surface area contributed by atoms with Crippen molar-refractivity contribution in [2.45, 2.75) is 44.6 Å². The maximum atomic E-state index is 13.5. The van der Waals surface area contributed by atoms with Gasteiger partial charge in [-0.1, -0.05) is 60.7 Å². The smallest absolute Gasteiger partial charge is 0.253 e. The minimum Gasteiger partial charge on any atom is -0.371 e. The van der Waals surface area contributed by atoms with E-state index in [0.717, 1.165) is 43.6 Å². The van der Waals surface area contributed by atoms with Crippen LogP contribution in [0.1, 0.15) is 66.1 Å². The molecule has 2 fully saturated rings. The molecule has 5 heteroatoms. The fourth-order valence-corrected chi connectivity index (χ4v) is 5.09. The predicted molar refractivity (Wildman–Crippen MR) is 141 cm³/mol. The van der Waals surface area contributed by atoms with Crippen molar-refractivity contribution in [3.8, 4) is 0 Å². The molecule has 5 nitrogen and oxygen atoms in total. The van der Waals surface area contributed by atoms with E-state index in [9.17, 15) is 9.59 Å². The van der Waals surface area contributed by atoms with Gasteiger partial charge in [0.25, 0.3) is 5.91 Å².